The van der Waals surface area contributed by atoms with Crippen molar-refractivity contribution in [3.05, 3.63) is 16.3 Å². The predicted octanol–water partition coefficient (Wildman–Crippen LogP) is 3.56. The zero-order valence-corrected chi connectivity index (χ0v) is 11.9. The second-order valence-electron chi connectivity index (χ2n) is 2.13. The summed E-state index contributed by atoms with van der Waals surface area (Å²) in [6, 6.07) is 1.80. The third-order valence-electron chi connectivity index (χ3n) is 1.36. The third kappa shape index (κ3) is 5.75. The predicted molar refractivity (Wildman–Crippen MR) is 71.6 cm³/mol. The summed E-state index contributed by atoms with van der Waals surface area (Å²) < 4.78 is 5.25. The molecule has 1 N–H and O–H groups in total. The van der Waals surface area contributed by atoms with E-state index in [-0.39, 0.29) is 5.91 Å². The molecule has 0 unspecified atom stereocenters. The van der Waals surface area contributed by atoms with Gasteiger partial charge in [0.25, 0.3) is 5.91 Å². The first-order valence-corrected chi connectivity index (χ1v) is 6.60. The molecule has 0 spiro atoms. The third-order valence-corrected chi connectivity index (χ3v) is 2.26. The molecule has 0 aliphatic heterocycles. The molecule has 0 aliphatic carbocycles. The van der Waals surface area contributed by atoms with Gasteiger partial charge in [-0.15, -0.1) is 11.3 Å². The Hall–Kier alpha value is -1.03. The Morgan fingerprint density at radius 1 is 1.38 bits per heavy atom. The smallest absolute Gasteiger partial charge is 0.264 e. The maximum absolute atomic E-state index is 11.2. The molecule has 0 saturated carbocycles. The number of ether oxygens (including phenoxy) is 1. The fourth-order valence-electron chi connectivity index (χ4n) is 0.846. The molecule has 0 radical (unpaired) electrons. The number of carbonyl (C=O) groups excluding carboxylic acids is 1. The highest BCUT2D eigenvalue weighted by molar-refractivity contribution is 7.12. The van der Waals surface area contributed by atoms with Gasteiger partial charge in [0.15, 0.2) is 0 Å². The van der Waals surface area contributed by atoms with E-state index in [9.17, 15) is 4.79 Å². The van der Waals surface area contributed by atoms with Crippen molar-refractivity contribution in [1.82, 2.24) is 5.32 Å². The number of nitrogens with one attached hydrogen (secondary N) is 1. The van der Waals surface area contributed by atoms with Gasteiger partial charge < -0.3 is 10.1 Å². The fourth-order valence-corrected chi connectivity index (χ4v) is 1.63. The molecule has 0 fully saturated rings. The molecule has 3 nitrogen and oxygen atoms in total. The highest BCUT2D eigenvalue weighted by Crippen LogP contribution is 2.24. The van der Waals surface area contributed by atoms with Crippen LogP contribution in [0.3, 0.4) is 0 Å². The van der Waals surface area contributed by atoms with Gasteiger partial charge in [-0.1, -0.05) is 27.7 Å². The summed E-state index contributed by atoms with van der Waals surface area (Å²) in [5.41, 5.74) is 0. The van der Waals surface area contributed by atoms with Crippen LogP contribution in [0.4, 0.5) is 0 Å². The molecule has 1 heterocycles. The highest BCUT2D eigenvalue weighted by atomic mass is 32.1. The van der Waals surface area contributed by atoms with Crippen LogP contribution in [-0.2, 0) is 0 Å². The molecule has 1 aromatic heterocycles. The van der Waals surface area contributed by atoms with Crippen LogP contribution in [0, 0.1) is 0 Å². The first-order chi connectivity index (χ1) is 7.79. The summed E-state index contributed by atoms with van der Waals surface area (Å²) in [5, 5.41) is 4.40. The van der Waals surface area contributed by atoms with Crippen molar-refractivity contribution in [2.75, 3.05) is 13.7 Å². The maximum Gasteiger partial charge on any atom is 0.264 e. The molecule has 0 bridgehead atoms. The summed E-state index contributed by atoms with van der Waals surface area (Å²) in [7, 11) is 1.61. The Morgan fingerprint density at radius 3 is 2.38 bits per heavy atom. The lowest BCUT2D eigenvalue weighted by molar-refractivity contribution is 0.0964. The number of amides is 1. The summed E-state index contributed by atoms with van der Waals surface area (Å²) in [5.74, 6) is 0.579. The number of carbonyl (C=O) groups is 1. The van der Waals surface area contributed by atoms with Gasteiger partial charge >= 0.3 is 0 Å². The molecule has 0 saturated heterocycles. The van der Waals surface area contributed by atoms with Crippen molar-refractivity contribution in [3.63, 3.8) is 0 Å². The van der Waals surface area contributed by atoms with Crippen molar-refractivity contribution < 1.29 is 9.53 Å². The first kappa shape index (κ1) is 17.4. The Kier molecular flexibility index (Phi) is 13.1. The van der Waals surface area contributed by atoms with Gasteiger partial charge in [0, 0.05) is 7.05 Å². The van der Waals surface area contributed by atoms with E-state index in [2.05, 4.69) is 5.32 Å². The van der Waals surface area contributed by atoms with Crippen molar-refractivity contribution in [3.8, 4) is 5.75 Å². The summed E-state index contributed by atoms with van der Waals surface area (Å²) in [6.07, 6.45) is 0. The van der Waals surface area contributed by atoms with Gasteiger partial charge in [0.2, 0.25) is 0 Å². The van der Waals surface area contributed by atoms with Gasteiger partial charge in [0.05, 0.1) is 6.61 Å². The number of hydrogen-bond acceptors (Lipinski definition) is 3. The van der Waals surface area contributed by atoms with E-state index in [0.29, 0.717) is 17.2 Å². The fraction of sp³-hybridized carbons (Fsp3) is 0.583. The SMILES string of the molecule is CC.CC.CCOc1ccsc1C(=O)NC. The van der Waals surface area contributed by atoms with Crippen LogP contribution >= 0.6 is 11.3 Å². The van der Waals surface area contributed by atoms with E-state index in [1.807, 2.05) is 40.0 Å². The van der Waals surface area contributed by atoms with Crippen LogP contribution in [0.15, 0.2) is 11.4 Å². The van der Waals surface area contributed by atoms with E-state index < -0.39 is 0 Å². The standard InChI is InChI=1S/C8H11NO2S.2C2H6/c1-3-11-6-4-5-12-7(6)8(10)9-2;2*1-2/h4-5H,3H2,1-2H3,(H,9,10);2*1-2H3. The molecule has 1 amide bonds. The maximum atomic E-state index is 11.2. The lowest BCUT2D eigenvalue weighted by Gasteiger charge is -2.02. The molecule has 0 aliphatic rings. The van der Waals surface area contributed by atoms with Crippen LogP contribution in [0.5, 0.6) is 5.75 Å². The van der Waals surface area contributed by atoms with Crippen LogP contribution in [-0.4, -0.2) is 19.6 Å². The average molecular weight is 245 g/mol. The van der Waals surface area contributed by atoms with Gasteiger partial charge in [-0.25, -0.2) is 0 Å². The number of thiophene rings is 1. The summed E-state index contributed by atoms with van der Waals surface area (Å²) in [6.45, 7) is 10.5. The van der Waals surface area contributed by atoms with E-state index in [0.717, 1.165) is 0 Å². The first-order valence-electron chi connectivity index (χ1n) is 5.72. The van der Waals surface area contributed by atoms with Crippen molar-refractivity contribution >= 4 is 17.2 Å². The molecule has 1 aromatic rings. The number of rotatable bonds is 3. The quantitative estimate of drug-likeness (QED) is 0.884. The van der Waals surface area contributed by atoms with Crippen molar-refractivity contribution in [2.24, 2.45) is 0 Å². The molecule has 4 heteroatoms. The minimum absolute atomic E-state index is 0.0894. The number of hydrogen-bond donors (Lipinski definition) is 1. The topological polar surface area (TPSA) is 38.3 Å². The zero-order chi connectivity index (χ0) is 13.0. The van der Waals surface area contributed by atoms with Gasteiger partial charge in [-0.2, -0.15) is 0 Å². The molecule has 0 aromatic carbocycles. The minimum atomic E-state index is -0.0894. The molecular formula is C12H23NO2S. The molecular weight excluding hydrogens is 222 g/mol. The molecule has 1 rings (SSSR count). The van der Waals surface area contributed by atoms with Gasteiger partial charge in [-0.05, 0) is 18.4 Å². The van der Waals surface area contributed by atoms with Crippen molar-refractivity contribution in [1.29, 1.82) is 0 Å². The molecule has 94 valence electrons. The van der Waals surface area contributed by atoms with E-state index in [4.69, 9.17) is 4.74 Å². The molecule has 16 heavy (non-hydrogen) atoms. The second-order valence-corrected chi connectivity index (χ2v) is 3.04. The second kappa shape index (κ2) is 12.0. The van der Waals surface area contributed by atoms with E-state index >= 15 is 0 Å². The summed E-state index contributed by atoms with van der Waals surface area (Å²) >= 11 is 1.39. The van der Waals surface area contributed by atoms with Crippen molar-refractivity contribution in [2.45, 2.75) is 34.6 Å². The van der Waals surface area contributed by atoms with Crippen LogP contribution in [0.25, 0.3) is 0 Å². The zero-order valence-electron chi connectivity index (χ0n) is 11.1. The Balaban J connectivity index is 0. The lowest BCUT2D eigenvalue weighted by atomic mass is 10.4. The summed E-state index contributed by atoms with van der Waals surface area (Å²) in [4.78, 5) is 11.8. The van der Waals surface area contributed by atoms with E-state index in [1.165, 1.54) is 11.3 Å². The highest BCUT2D eigenvalue weighted by Gasteiger charge is 2.11. The van der Waals surface area contributed by atoms with E-state index in [1.54, 1.807) is 13.1 Å². The lowest BCUT2D eigenvalue weighted by Crippen LogP contribution is -2.17. The molecule has 0 atom stereocenters. The normalized spacial score (nSPS) is 7.88. The largest absolute Gasteiger partial charge is 0.492 e. The minimum Gasteiger partial charge on any atom is -0.492 e. The van der Waals surface area contributed by atoms with Crippen LogP contribution in [0.2, 0.25) is 0 Å². The van der Waals surface area contributed by atoms with Gasteiger partial charge in [0.1, 0.15) is 10.6 Å². The monoisotopic (exact) mass is 245 g/mol. The Labute approximate surface area is 103 Å². The van der Waals surface area contributed by atoms with Crippen LogP contribution < -0.4 is 10.1 Å². The average Bonchev–Trinajstić information content (AvgIpc) is 2.82. The Morgan fingerprint density at radius 2 is 1.94 bits per heavy atom. The van der Waals surface area contributed by atoms with Crippen LogP contribution in [0.1, 0.15) is 44.3 Å². The van der Waals surface area contributed by atoms with Gasteiger partial charge in [-0.3, -0.25) is 4.79 Å². The Bertz CT molecular complexity index is 272.